The number of fused-ring (bicyclic) bond motifs is 2. The third-order valence-corrected chi connectivity index (χ3v) is 3.43. The first-order valence-electron chi connectivity index (χ1n) is 6.59. The summed E-state index contributed by atoms with van der Waals surface area (Å²) >= 11 is 0. The van der Waals surface area contributed by atoms with Crippen LogP contribution in [-0.2, 0) is 4.79 Å². The Hall–Kier alpha value is -2.33. The number of carbonyl (C=O) groups excluding carboxylic acids is 1. The third-order valence-electron chi connectivity index (χ3n) is 3.43. The molecule has 102 valence electrons. The third kappa shape index (κ3) is 2.26. The van der Waals surface area contributed by atoms with Crippen LogP contribution in [0.4, 0.5) is 0 Å². The van der Waals surface area contributed by atoms with Gasteiger partial charge in [0, 0.05) is 18.2 Å². The molecule has 1 amide bonds. The Kier molecular flexibility index (Phi) is 3.39. The lowest BCUT2D eigenvalue weighted by atomic mass is 9.94. The van der Waals surface area contributed by atoms with Gasteiger partial charge in [-0.1, -0.05) is 36.4 Å². The summed E-state index contributed by atoms with van der Waals surface area (Å²) in [7, 11) is 1.63. The minimum Gasteiger partial charge on any atom is -0.457 e. The molecule has 1 aliphatic rings. The van der Waals surface area contributed by atoms with Gasteiger partial charge >= 0.3 is 0 Å². The van der Waals surface area contributed by atoms with E-state index in [1.165, 1.54) is 0 Å². The predicted octanol–water partition coefficient (Wildman–Crippen LogP) is 2.22. The molecular weight excluding hydrogens is 252 g/mol. The van der Waals surface area contributed by atoms with E-state index in [0.29, 0.717) is 0 Å². The normalized spacial score (nSPS) is 13.1. The second kappa shape index (κ2) is 5.35. The second-order valence-corrected chi connectivity index (χ2v) is 4.66. The van der Waals surface area contributed by atoms with Crippen molar-refractivity contribution in [2.24, 2.45) is 0 Å². The van der Waals surface area contributed by atoms with Gasteiger partial charge < -0.3 is 10.1 Å². The second-order valence-electron chi connectivity index (χ2n) is 4.66. The van der Waals surface area contributed by atoms with Crippen LogP contribution in [0, 0.1) is 0 Å². The summed E-state index contributed by atoms with van der Waals surface area (Å²) in [6.07, 6.45) is 0. The van der Waals surface area contributed by atoms with Gasteiger partial charge in [-0.15, -0.1) is 0 Å². The van der Waals surface area contributed by atoms with E-state index in [1.54, 1.807) is 7.05 Å². The summed E-state index contributed by atoms with van der Waals surface area (Å²) < 4.78 is 5.90. The number of likely N-dealkylation sites (N-methyl/N-ethyl adjacent to an activating group) is 1. The molecule has 0 unspecified atom stereocenters. The minimum atomic E-state index is -0.0357. The molecule has 0 saturated heterocycles. The van der Waals surface area contributed by atoms with Crippen molar-refractivity contribution in [3.8, 4) is 11.5 Å². The van der Waals surface area contributed by atoms with Crippen molar-refractivity contribution in [1.82, 2.24) is 10.6 Å². The SMILES string of the molecule is CNC(=O)CNC1c2ccccc2Oc2ccccc21. The number of hydrogen-bond acceptors (Lipinski definition) is 3. The van der Waals surface area contributed by atoms with Crippen molar-refractivity contribution in [2.45, 2.75) is 6.04 Å². The quantitative estimate of drug-likeness (QED) is 0.897. The zero-order chi connectivity index (χ0) is 13.9. The van der Waals surface area contributed by atoms with Crippen molar-refractivity contribution in [3.05, 3.63) is 59.7 Å². The maximum Gasteiger partial charge on any atom is 0.233 e. The number of carbonyl (C=O) groups is 1. The van der Waals surface area contributed by atoms with Crippen LogP contribution in [0.5, 0.6) is 11.5 Å². The predicted molar refractivity (Wildman–Crippen MR) is 76.9 cm³/mol. The lowest BCUT2D eigenvalue weighted by Crippen LogP contribution is -2.35. The molecule has 0 saturated carbocycles. The summed E-state index contributed by atoms with van der Waals surface area (Å²) in [5.41, 5.74) is 2.10. The first-order valence-corrected chi connectivity index (χ1v) is 6.59. The Morgan fingerprint density at radius 3 is 2.15 bits per heavy atom. The van der Waals surface area contributed by atoms with Crippen LogP contribution >= 0.6 is 0 Å². The van der Waals surface area contributed by atoms with Crippen molar-refractivity contribution < 1.29 is 9.53 Å². The Morgan fingerprint density at radius 1 is 1.05 bits per heavy atom. The zero-order valence-electron chi connectivity index (χ0n) is 11.2. The zero-order valence-corrected chi connectivity index (χ0v) is 11.2. The Balaban J connectivity index is 1.97. The van der Waals surface area contributed by atoms with Crippen molar-refractivity contribution in [2.75, 3.05) is 13.6 Å². The molecule has 0 atom stereocenters. The largest absolute Gasteiger partial charge is 0.457 e. The van der Waals surface area contributed by atoms with Gasteiger partial charge in [0.15, 0.2) is 0 Å². The Bertz CT molecular complexity index is 594. The maximum atomic E-state index is 11.5. The van der Waals surface area contributed by atoms with Crippen LogP contribution in [0.1, 0.15) is 17.2 Å². The van der Waals surface area contributed by atoms with Crippen LogP contribution in [0.15, 0.2) is 48.5 Å². The molecule has 0 aliphatic carbocycles. The molecule has 2 aromatic carbocycles. The van der Waals surface area contributed by atoms with E-state index in [1.807, 2.05) is 48.5 Å². The van der Waals surface area contributed by atoms with E-state index in [-0.39, 0.29) is 18.5 Å². The maximum absolute atomic E-state index is 11.5. The molecule has 0 radical (unpaired) electrons. The van der Waals surface area contributed by atoms with Crippen LogP contribution < -0.4 is 15.4 Å². The lowest BCUT2D eigenvalue weighted by molar-refractivity contribution is -0.119. The fourth-order valence-corrected chi connectivity index (χ4v) is 2.41. The number of para-hydroxylation sites is 2. The van der Waals surface area contributed by atoms with Gasteiger partial charge in [-0.25, -0.2) is 0 Å². The van der Waals surface area contributed by atoms with E-state index in [0.717, 1.165) is 22.6 Å². The molecule has 0 spiro atoms. The number of rotatable bonds is 3. The molecule has 2 aromatic rings. The fraction of sp³-hybridized carbons (Fsp3) is 0.188. The highest BCUT2D eigenvalue weighted by Crippen LogP contribution is 2.42. The van der Waals surface area contributed by atoms with Crippen molar-refractivity contribution in [3.63, 3.8) is 0 Å². The highest BCUT2D eigenvalue weighted by atomic mass is 16.5. The topological polar surface area (TPSA) is 50.4 Å². The number of nitrogens with one attached hydrogen (secondary N) is 2. The van der Waals surface area contributed by atoms with Gasteiger partial charge in [0.1, 0.15) is 11.5 Å². The van der Waals surface area contributed by atoms with Crippen LogP contribution in [-0.4, -0.2) is 19.5 Å². The average molecular weight is 268 g/mol. The Labute approximate surface area is 117 Å². The highest BCUT2D eigenvalue weighted by Gasteiger charge is 2.26. The standard InChI is InChI=1S/C16H16N2O2/c1-17-15(19)10-18-16-11-6-2-4-8-13(11)20-14-9-5-3-7-12(14)16/h2-9,16,18H,10H2,1H3,(H,17,19). The van der Waals surface area contributed by atoms with Gasteiger partial charge in [0.25, 0.3) is 0 Å². The van der Waals surface area contributed by atoms with Gasteiger partial charge in [-0.2, -0.15) is 0 Å². The van der Waals surface area contributed by atoms with Crippen LogP contribution in [0.3, 0.4) is 0 Å². The van der Waals surface area contributed by atoms with Crippen molar-refractivity contribution >= 4 is 5.91 Å². The van der Waals surface area contributed by atoms with E-state index < -0.39 is 0 Å². The van der Waals surface area contributed by atoms with Gasteiger partial charge in [0.2, 0.25) is 5.91 Å². The molecule has 0 fully saturated rings. The monoisotopic (exact) mass is 268 g/mol. The first kappa shape index (κ1) is 12.7. The summed E-state index contributed by atoms with van der Waals surface area (Å²) in [5, 5.41) is 5.91. The molecule has 4 nitrogen and oxygen atoms in total. The van der Waals surface area contributed by atoms with E-state index in [4.69, 9.17) is 4.74 Å². The first-order chi connectivity index (χ1) is 9.79. The minimum absolute atomic E-state index is 0.0338. The van der Waals surface area contributed by atoms with E-state index in [2.05, 4.69) is 10.6 Å². The van der Waals surface area contributed by atoms with Crippen molar-refractivity contribution in [1.29, 1.82) is 0 Å². The summed E-state index contributed by atoms with van der Waals surface area (Å²) in [5.74, 6) is 1.63. The lowest BCUT2D eigenvalue weighted by Gasteiger charge is -2.28. The van der Waals surface area contributed by atoms with E-state index >= 15 is 0 Å². The average Bonchev–Trinajstić information content (AvgIpc) is 2.51. The Morgan fingerprint density at radius 2 is 1.60 bits per heavy atom. The van der Waals surface area contributed by atoms with E-state index in [9.17, 15) is 4.79 Å². The molecule has 2 N–H and O–H groups in total. The molecule has 0 aromatic heterocycles. The molecule has 3 rings (SSSR count). The van der Waals surface area contributed by atoms with Crippen LogP contribution in [0.2, 0.25) is 0 Å². The number of amides is 1. The number of ether oxygens (including phenoxy) is 1. The smallest absolute Gasteiger partial charge is 0.233 e. The number of hydrogen-bond donors (Lipinski definition) is 2. The fourth-order valence-electron chi connectivity index (χ4n) is 2.41. The summed E-state index contributed by atoms with van der Waals surface area (Å²) in [4.78, 5) is 11.5. The van der Waals surface area contributed by atoms with Gasteiger partial charge in [-0.05, 0) is 12.1 Å². The highest BCUT2D eigenvalue weighted by molar-refractivity contribution is 5.77. The molecular formula is C16H16N2O2. The number of benzene rings is 2. The molecule has 4 heteroatoms. The molecule has 1 heterocycles. The molecule has 1 aliphatic heterocycles. The van der Waals surface area contributed by atoms with Gasteiger partial charge in [0.05, 0.1) is 12.6 Å². The van der Waals surface area contributed by atoms with Crippen LogP contribution in [0.25, 0.3) is 0 Å². The summed E-state index contributed by atoms with van der Waals surface area (Å²) in [6.45, 7) is 0.268. The summed E-state index contributed by atoms with van der Waals surface area (Å²) in [6, 6.07) is 15.7. The molecule has 20 heavy (non-hydrogen) atoms. The molecule has 0 bridgehead atoms. The van der Waals surface area contributed by atoms with Gasteiger partial charge in [-0.3, -0.25) is 10.1 Å².